The largest absolute Gasteiger partial charge is 0.484 e. The zero-order valence-electron chi connectivity index (χ0n) is 12.2. The molecule has 6 heteroatoms. The SMILES string of the molecule is CCOCCOc1cc(CNC(C)C)ccc1[N+](=O)[O-]. The van der Waals surface area contributed by atoms with Gasteiger partial charge in [0.05, 0.1) is 11.5 Å². The Kier molecular flexibility index (Phi) is 6.97. The summed E-state index contributed by atoms with van der Waals surface area (Å²) < 4.78 is 10.6. The molecule has 0 heterocycles. The fraction of sp³-hybridized carbons (Fsp3) is 0.571. The molecule has 1 aromatic carbocycles. The Morgan fingerprint density at radius 3 is 2.70 bits per heavy atom. The van der Waals surface area contributed by atoms with Crippen molar-refractivity contribution in [3.8, 4) is 5.75 Å². The average Bonchev–Trinajstić information content (AvgIpc) is 2.41. The number of hydrogen-bond donors (Lipinski definition) is 1. The average molecular weight is 282 g/mol. The number of nitro groups is 1. The summed E-state index contributed by atoms with van der Waals surface area (Å²) in [4.78, 5) is 10.5. The second kappa shape index (κ2) is 8.50. The van der Waals surface area contributed by atoms with E-state index in [-0.39, 0.29) is 11.4 Å². The van der Waals surface area contributed by atoms with Crippen molar-refractivity contribution in [2.24, 2.45) is 0 Å². The minimum atomic E-state index is -0.435. The molecule has 0 aliphatic rings. The van der Waals surface area contributed by atoms with Crippen LogP contribution < -0.4 is 10.1 Å². The molecule has 0 saturated carbocycles. The summed E-state index contributed by atoms with van der Waals surface area (Å²) in [5, 5.41) is 14.2. The Hall–Kier alpha value is -1.66. The second-order valence-corrected chi connectivity index (χ2v) is 4.64. The molecule has 0 fully saturated rings. The molecule has 0 aliphatic heterocycles. The molecule has 6 nitrogen and oxygen atoms in total. The summed E-state index contributed by atoms with van der Waals surface area (Å²) in [5.41, 5.74) is 0.936. The van der Waals surface area contributed by atoms with Gasteiger partial charge in [0.15, 0.2) is 5.75 Å². The van der Waals surface area contributed by atoms with Crippen molar-refractivity contribution in [3.05, 3.63) is 33.9 Å². The highest BCUT2D eigenvalue weighted by Gasteiger charge is 2.15. The summed E-state index contributed by atoms with van der Waals surface area (Å²) in [5.74, 6) is 0.290. The van der Waals surface area contributed by atoms with Gasteiger partial charge in [0, 0.05) is 25.3 Å². The maximum atomic E-state index is 11.0. The first kappa shape index (κ1) is 16.4. The van der Waals surface area contributed by atoms with Crippen LogP contribution in [-0.2, 0) is 11.3 Å². The molecule has 0 atom stereocenters. The Bertz CT molecular complexity index is 435. The second-order valence-electron chi connectivity index (χ2n) is 4.64. The van der Waals surface area contributed by atoms with Crippen molar-refractivity contribution >= 4 is 5.69 Å². The third kappa shape index (κ3) is 5.54. The van der Waals surface area contributed by atoms with Gasteiger partial charge in [-0.2, -0.15) is 0 Å². The highest BCUT2D eigenvalue weighted by molar-refractivity contribution is 5.48. The van der Waals surface area contributed by atoms with Gasteiger partial charge in [-0.05, 0) is 18.6 Å². The molecule has 0 radical (unpaired) electrons. The number of rotatable bonds is 9. The minimum absolute atomic E-state index is 0.0187. The van der Waals surface area contributed by atoms with E-state index in [0.717, 1.165) is 5.56 Å². The zero-order valence-corrected chi connectivity index (χ0v) is 12.2. The van der Waals surface area contributed by atoms with E-state index in [1.165, 1.54) is 6.07 Å². The van der Waals surface area contributed by atoms with Crippen LogP contribution >= 0.6 is 0 Å². The molecule has 0 saturated heterocycles. The van der Waals surface area contributed by atoms with Gasteiger partial charge in [0.1, 0.15) is 6.61 Å². The number of ether oxygens (including phenoxy) is 2. The smallest absolute Gasteiger partial charge is 0.310 e. The van der Waals surface area contributed by atoms with Gasteiger partial charge in [-0.25, -0.2) is 0 Å². The Labute approximate surface area is 119 Å². The van der Waals surface area contributed by atoms with E-state index < -0.39 is 4.92 Å². The lowest BCUT2D eigenvalue weighted by Gasteiger charge is -2.11. The minimum Gasteiger partial charge on any atom is -0.484 e. The van der Waals surface area contributed by atoms with Gasteiger partial charge < -0.3 is 14.8 Å². The van der Waals surface area contributed by atoms with Crippen molar-refractivity contribution in [2.45, 2.75) is 33.4 Å². The van der Waals surface area contributed by atoms with Crippen LogP contribution in [0.5, 0.6) is 5.75 Å². The molecule has 20 heavy (non-hydrogen) atoms. The van der Waals surface area contributed by atoms with Gasteiger partial charge >= 0.3 is 5.69 Å². The predicted molar refractivity (Wildman–Crippen MR) is 77.1 cm³/mol. The molecule has 0 amide bonds. The highest BCUT2D eigenvalue weighted by Crippen LogP contribution is 2.28. The number of benzene rings is 1. The topological polar surface area (TPSA) is 73.6 Å². The van der Waals surface area contributed by atoms with Crippen LogP contribution in [0.25, 0.3) is 0 Å². The van der Waals surface area contributed by atoms with Crippen LogP contribution in [0.3, 0.4) is 0 Å². The van der Waals surface area contributed by atoms with Gasteiger partial charge in [0.25, 0.3) is 0 Å². The van der Waals surface area contributed by atoms with Crippen LogP contribution in [0, 0.1) is 10.1 Å². The molecule has 112 valence electrons. The van der Waals surface area contributed by atoms with Crippen LogP contribution in [0.2, 0.25) is 0 Å². The maximum Gasteiger partial charge on any atom is 0.310 e. The Balaban J connectivity index is 2.74. The van der Waals surface area contributed by atoms with Crippen LogP contribution in [0.4, 0.5) is 5.69 Å². The fourth-order valence-corrected chi connectivity index (χ4v) is 1.61. The van der Waals surface area contributed by atoms with Gasteiger partial charge in [0.2, 0.25) is 0 Å². The van der Waals surface area contributed by atoms with Crippen LogP contribution in [0.1, 0.15) is 26.3 Å². The van der Waals surface area contributed by atoms with Gasteiger partial charge in [-0.15, -0.1) is 0 Å². The maximum absolute atomic E-state index is 11.0. The molecular formula is C14H22N2O4. The number of nitrogens with one attached hydrogen (secondary N) is 1. The highest BCUT2D eigenvalue weighted by atomic mass is 16.6. The first-order valence-corrected chi connectivity index (χ1v) is 6.75. The first-order chi connectivity index (χ1) is 9.54. The molecule has 1 aromatic rings. The molecule has 0 unspecified atom stereocenters. The standard InChI is InChI=1S/C14H22N2O4/c1-4-19-7-8-20-14-9-12(10-15-11(2)3)5-6-13(14)16(17)18/h5-6,9,11,15H,4,7-8,10H2,1-3H3. The van der Waals surface area contributed by atoms with Crippen molar-refractivity contribution in [1.82, 2.24) is 5.32 Å². The monoisotopic (exact) mass is 282 g/mol. The molecule has 1 rings (SSSR count). The van der Waals surface area contributed by atoms with E-state index in [9.17, 15) is 10.1 Å². The van der Waals surface area contributed by atoms with Gasteiger partial charge in [-0.1, -0.05) is 19.9 Å². The number of nitrogens with zero attached hydrogens (tertiary/aromatic N) is 1. The van der Waals surface area contributed by atoms with Crippen molar-refractivity contribution < 1.29 is 14.4 Å². The fourth-order valence-electron chi connectivity index (χ4n) is 1.61. The van der Waals surface area contributed by atoms with Crippen molar-refractivity contribution in [3.63, 3.8) is 0 Å². The van der Waals surface area contributed by atoms with E-state index in [0.29, 0.717) is 32.4 Å². The number of hydrogen-bond acceptors (Lipinski definition) is 5. The summed E-state index contributed by atoms with van der Waals surface area (Å²) in [7, 11) is 0. The van der Waals surface area contributed by atoms with Crippen LogP contribution in [0.15, 0.2) is 18.2 Å². The predicted octanol–water partition coefficient (Wildman–Crippen LogP) is 2.51. The zero-order chi connectivity index (χ0) is 15.0. The summed E-state index contributed by atoms with van der Waals surface area (Å²) in [6.45, 7) is 7.95. The van der Waals surface area contributed by atoms with E-state index in [4.69, 9.17) is 9.47 Å². The third-order valence-electron chi connectivity index (χ3n) is 2.62. The normalized spacial score (nSPS) is 10.8. The molecule has 0 bridgehead atoms. The van der Waals surface area contributed by atoms with Gasteiger partial charge in [-0.3, -0.25) is 10.1 Å². The van der Waals surface area contributed by atoms with Crippen LogP contribution in [-0.4, -0.2) is 30.8 Å². The number of nitro benzene ring substituents is 1. The van der Waals surface area contributed by atoms with E-state index in [1.807, 2.05) is 20.8 Å². The molecular weight excluding hydrogens is 260 g/mol. The Morgan fingerprint density at radius 2 is 2.10 bits per heavy atom. The lowest BCUT2D eigenvalue weighted by atomic mass is 10.2. The van der Waals surface area contributed by atoms with E-state index in [2.05, 4.69) is 5.32 Å². The lowest BCUT2D eigenvalue weighted by Crippen LogP contribution is -2.21. The Morgan fingerprint density at radius 1 is 1.35 bits per heavy atom. The quantitative estimate of drug-likeness (QED) is 0.428. The van der Waals surface area contributed by atoms with Crippen molar-refractivity contribution in [1.29, 1.82) is 0 Å². The summed E-state index contributed by atoms with van der Waals surface area (Å²) >= 11 is 0. The summed E-state index contributed by atoms with van der Waals surface area (Å²) in [6.07, 6.45) is 0. The molecule has 1 N–H and O–H groups in total. The summed E-state index contributed by atoms with van der Waals surface area (Å²) in [6, 6.07) is 5.28. The lowest BCUT2D eigenvalue weighted by molar-refractivity contribution is -0.385. The van der Waals surface area contributed by atoms with Crippen molar-refractivity contribution in [2.75, 3.05) is 19.8 Å². The molecule has 0 aliphatic carbocycles. The van der Waals surface area contributed by atoms with E-state index in [1.54, 1.807) is 12.1 Å². The first-order valence-electron chi connectivity index (χ1n) is 6.75. The molecule has 0 spiro atoms. The molecule has 0 aromatic heterocycles. The van der Waals surface area contributed by atoms with E-state index >= 15 is 0 Å². The third-order valence-corrected chi connectivity index (χ3v) is 2.62.